The number of ether oxygens (including phenoxy) is 2. The van der Waals surface area contributed by atoms with Gasteiger partial charge in [-0.25, -0.2) is 0 Å². The number of carbonyl (C=O) groups is 1. The molecule has 0 aliphatic rings. The van der Waals surface area contributed by atoms with Crippen molar-refractivity contribution in [3.05, 3.63) is 29.8 Å². The number of benzene rings is 1. The molecule has 0 aliphatic heterocycles. The minimum Gasteiger partial charge on any atom is -0.496 e. The highest BCUT2D eigenvalue weighted by atomic mass is 16.5. The Morgan fingerprint density at radius 2 is 2.00 bits per heavy atom. The fraction of sp³-hybridized carbons (Fsp3) is 0.500. The van der Waals surface area contributed by atoms with Crippen molar-refractivity contribution in [3.63, 3.8) is 0 Å². The largest absolute Gasteiger partial charge is 0.496 e. The zero-order valence-corrected chi connectivity index (χ0v) is 10.7. The topological polar surface area (TPSA) is 35.5 Å². The van der Waals surface area contributed by atoms with Gasteiger partial charge < -0.3 is 9.47 Å². The van der Waals surface area contributed by atoms with Crippen molar-refractivity contribution in [3.8, 4) is 5.75 Å². The van der Waals surface area contributed by atoms with E-state index < -0.39 is 0 Å². The average molecular weight is 236 g/mol. The van der Waals surface area contributed by atoms with Gasteiger partial charge in [-0.3, -0.25) is 4.79 Å². The standard InChI is InChI=1S/C14H20O3/c1-4-5-8-12(14(15)17-3)11-9-6-7-10-13(11)16-2/h6-7,9-10,12H,4-5,8H2,1-3H3. The molecule has 0 heterocycles. The van der Waals surface area contributed by atoms with Crippen LogP contribution >= 0.6 is 0 Å². The molecule has 3 nitrogen and oxygen atoms in total. The normalized spacial score (nSPS) is 11.9. The van der Waals surface area contributed by atoms with Crippen LogP contribution in [-0.4, -0.2) is 20.2 Å². The molecule has 0 radical (unpaired) electrons. The van der Waals surface area contributed by atoms with Crippen molar-refractivity contribution in [2.24, 2.45) is 0 Å². The minimum absolute atomic E-state index is 0.192. The lowest BCUT2D eigenvalue weighted by molar-refractivity contribution is -0.142. The zero-order chi connectivity index (χ0) is 12.7. The van der Waals surface area contributed by atoms with Crippen LogP contribution < -0.4 is 4.74 Å². The lowest BCUT2D eigenvalue weighted by Crippen LogP contribution is -2.15. The highest BCUT2D eigenvalue weighted by Crippen LogP contribution is 2.31. The molecule has 1 aromatic rings. The average Bonchev–Trinajstić information content (AvgIpc) is 2.39. The summed E-state index contributed by atoms with van der Waals surface area (Å²) in [5.74, 6) is 0.332. The van der Waals surface area contributed by atoms with Gasteiger partial charge >= 0.3 is 5.97 Å². The molecule has 1 atom stereocenters. The Morgan fingerprint density at radius 3 is 2.59 bits per heavy atom. The first-order valence-electron chi connectivity index (χ1n) is 5.95. The van der Waals surface area contributed by atoms with E-state index in [0.29, 0.717) is 0 Å². The zero-order valence-electron chi connectivity index (χ0n) is 10.7. The van der Waals surface area contributed by atoms with E-state index in [4.69, 9.17) is 9.47 Å². The molecule has 3 heteroatoms. The maximum Gasteiger partial charge on any atom is 0.313 e. The number of methoxy groups -OCH3 is 2. The number of esters is 1. The van der Waals surface area contributed by atoms with Crippen molar-refractivity contribution in [1.82, 2.24) is 0 Å². The quantitative estimate of drug-likeness (QED) is 0.712. The summed E-state index contributed by atoms with van der Waals surface area (Å²) in [7, 11) is 3.05. The van der Waals surface area contributed by atoms with E-state index in [1.807, 2.05) is 24.3 Å². The fourth-order valence-electron chi connectivity index (χ4n) is 1.91. The molecule has 0 N–H and O–H groups in total. The second-order valence-corrected chi connectivity index (χ2v) is 3.96. The molecule has 94 valence electrons. The Kier molecular flexibility index (Phi) is 5.53. The summed E-state index contributed by atoms with van der Waals surface area (Å²) in [6.45, 7) is 2.11. The first-order chi connectivity index (χ1) is 8.24. The Hall–Kier alpha value is -1.51. The summed E-state index contributed by atoms with van der Waals surface area (Å²) in [6.07, 6.45) is 2.85. The monoisotopic (exact) mass is 236 g/mol. The van der Waals surface area contributed by atoms with Gasteiger partial charge in [0, 0.05) is 5.56 Å². The third kappa shape index (κ3) is 3.48. The van der Waals surface area contributed by atoms with Crippen LogP contribution in [-0.2, 0) is 9.53 Å². The SMILES string of the molecule is CCCCC(C(=O)OC)c1ccccc1OC. The number of hydrogen-bond donors (Lipinski definition) is 0. The van der Waals surface area contributed by atoms with Gasteiger partial charge in [-0.05, 0) is 12.5 Å². The number of hydrogen-bond acceptors (Lipinski definition) is 3. The molecule has 17 heavy (non-hydrogen) atoms. The van der Waals surface area contributed by atoms with Gasteiger partial charge in [0.05, 0.1) is 20.1 Å². The second-order valence-electron chi connectivity index (χ2n) is 3.96. The summed E-state index contributed by atoms with van der Waals surface area (Å²) in [5, 5.41) is 0. The number of unbranched alkanes of at least 4 members (excludes halogenated alkanes) is 1. The van der Waals surface area contributed by atoms with Crippen molar-refractivity contribution in [2.45, 2.75) is 32.1 Å². The van der Waals surface area contributed by atoms with Crippen molar-refractivity contribution >= 4 is 5.97 Å². The predicted molar refractivity (Wildman–Crippen MR) is 67.3 cm³/mol. The molecular formula is C14H20O3. The van der Waals surface area contributed by atoms with Crippen LogP contribution in [0, 0.1) is 0 Å². The molecule has 1 unspecified atom stereocenters. The Morgan fingerprint density at radius 1 is 1.29 bits per heavy atom. The van der Waals surface area contributed by atoms with E-state index in [9.17, 15) is 4.79 Å². The molecule has 1 rings (SSSR count). The van der Waals surface area contributed by atoms with Crippen LogP contribution in [0.25, 0.3) is 0 Å². The third-order valence-corrected chi connectivity index (χ3v) is 2.85. The maximum atomic E-state index is 11.8. The van der Waals surface area contributed by atoms with E-state index in [0.717, 1.165) is 30.6 Å². The van der Waals surface area contributed by atoms with E-state index in [2.05, 4.69) is 6.92 Å². The summed E-state index contributed by atoms with van der Waals surface area (Å²) in [4.78, 5) is 11.8. The Labute approximate surface area is 103 Å². The van der Waals surface area contributed by atoms with Crippen LogP contribution in [0.1, 0.15) is 37.7 Å². The molecule has 0 aliphatic carbocycles. The molecule has 0 bridgehead atoms. The van der Waals surface area contributed by atoms with Gasteiger partial charge in [-0.2, -0.15) is 0 Å². The van der Waals surface area contributed by atoms with E-state index in [1.165, 1.54) is 7.11 Å². The van der Waals surface area contributed by atoms with E-state index >= 15 is 0 Å². The lowest BCUT2D eigenvalue weighted by atomic mass is 9.93. The van der Waals surface area contributed by atoms with Gasteiger partial charge in [-0.15, -0.1) is 0 Å². The first kappa shape index (κ1) is 13.6. The summed E-state index contributed by atoms with van der Waals surface area (Å²) in [6, 6.07) is 7.61. The summed E-state index contributed by atoms with van der Waals surface area (Å²) < 4.78 is 10.2. The van der Waals surface area contributed by atoms with Gasteiger partial charge in [0.15, 0.2) is 0 Å². The van der Waals surface area contributed by atoms with Gasteiger partial charge in [0.2, 0.25) is 0 Å². The Bertz CT molecular complexity index is 360. The van der Waals surface area contributed by atoms with Crippen molar-refractivity contribution in [1.29, 1.82) is 0 Å². The molecule has 0 saturated carbocycles. The molecule has 1 aromatic carbocycles. The van der Waals surface area contributed by atoms with E-state index in [1.54, 1.807) is 7.11 Å². The molecule has 0 spiro atoms. The molecule has 0 aromatic heterocycles. The number of rotatable bonds is 6. The number of carbonyl (C=O) groups excluding carboxylic acids is 1. The molecule has 0 saturated heterocycles. The molecule has 0 amide bonds. The smallest absolute Gasteiger partial charge is 0.313 e. The van der Waals surface area contributed by atoms with Crippen LogP contribution in [0.3, 0.4) is 0 Å². The van der Waals surface area contributed by atoms with Crippen molar-refractivity contribution < 1.29 is 14.3 Å². The number of para-hydroxylation sites is 1. The van der Waals surface area contributed by atoms with Crippen LogP contribution in [0.2, 0.25) is 0 Å². The highest BCUT2D eigenvalue weighted by molar-refractivity contribution is 5.79. The maximum absolute atomic E-state index is 11.8. The van der Waals surface area contributed by atoms with Crippen LogP contribution in [0.15, 0.2) is 24.3 Å². The van der Waals surface area contributed by atoms with Crippen LogP contribution in [0.5, 0.6) is 5.75 Å². The highest BCUT2D eigenvalue weighted by Gasteiger charge is 2.23. The van der Waals surface area contributed by atoms with Gasteiger partial charge in [0.1, 0.15) is 5.75 Å². The molecule has 0 fully saturated rings. The minimum atomic E-state index is -0.226. The van der Waals surface area contributed by atoms with Crippen LogP contribution in [0.4, 0.5) is 0 Å². The van der Waals surface area contributed by atoms with Gasteiger partial charge in [-0.1, -0.05) is 38.0 Å². The van der Waals surface area contributed by atoms with Crippen molar-refractivity contribution in [2.75, 3.05) is 14.2 Å². The lowest BCUT2D eigenvalue weighted by Gasteiger charge is -2.17. The predicted octanol–water partition coefficient (Wildman–Crippen LogP) is 3.14. The van der Waals surface area contributed by atoms with E-state index in [-0.39, 0.29) is 11.9 Å². The third-order valence-electron chi connectivity index (χ3n) is 2.85. The Balaban J connectivity index is 2.98. The fourth-order valence-corrected chi connectivity index (χ4v) is 1.91. The summed E-state index contributed by atoms with van der Waals surface area (Å²) in [5.41, 5.74) is 0.912. The first-order valence-corrected chi connectivity index (χ1v) is 5.95. The molecular weight excluding hydrogens is 216 g/mol. The summed E-state index contributed by atoms with van der Waals surface area (Å²) >= 11 is 0. The van der Waals surface area contributed by atoms with Gasteiger partial charge in [0.25, 0.3) is 0 Å². The second kappa shape index (κ2) is 6.94.